The first-order valence-corrected chi connectivity index (χ1v) is 15.3. The van der Waals surface area contributed by atoms with Crippen molar-refractivity contribution >= 4 is 22.8 Å². The standard InChI is InChI=1S/C35H42N6O5/c1-7-8-17-36-34-33-29(23-41(39-33)22-24-11-9-10-12-30(24)44-4)37-35(38-34)40(20-25-13-15-27(42-2)18-31(25)45-5)21-26-14-16-28(43-3)19-32(26)46-6/h9-16,18-19,23H,7-8,17,20-22H2,1-6H3,(H,36,37,38). The van der Waals surface area contributed by atoms with E-state index in [1.54, 1.807) is 35.5 Å². The molecule has 5 aromatic rings. The van der Waals surface area contributed by atoms with Crippen LogP contribution >= 0.6 is 0 Å². The molecule has 5 rings (SSSR count). The maximum Gasteiger partial charge on any atom is 0.228 e. The Hall–Kier alpha value is -5.19. The molecule has 2 heterocycles. The summed E-state index contributed by atoms with van der Waals surface area (Å²) in [5.74, 6) is 4.87. The van der Waals surface area contributed by atoms with Crippen LogP contribution in [-0.4, -0.2) is 61.8 Å². The highest BCUT2D eigenvalue weighted by Crippen LogP contribution is 2.32. The van der Waals surface area contributed by atoms with Crippen LogP contribution in [0.3, 0.4) is 0 Å². The smallest absolute Gasteiger partial charge is 0.228 e. The van der Waals surface area contributed by atoms with Gasteiger partial charge in [0.2, 0.25) is 5.95 Å². The zero-order valence-electron chi connectivity index (χ0n) is 27.4. The number of fused-ring (bicyclic) bond motifs is 1. The van der Waals surface area contributed by atoms with Gasteiger partial charge in [-0.3, -0.25) is 4.68 Å². The molecule has 0 aliphatic heterocycles. The highest BCUT2D eigenvalue weighted by Gasteiger charge is 2.21. The van der Waals surface area contributed by atoms with Crippen LogP contribution in [0.4, 0.5) is 11.8 Å². The molecule has 46 heavy (non-hydrogen) atoms. The average Bonchev–Trinajstić information content (AvgIpc) is 3.51. The molecule has 0 amide bonds. The molecule has 1 N–H and O–H groups in total. The lowest BCUT2D eigenvalue weighted by atomic mass is 10.1. The van der Waals surface area contributed by atoms with Gasteiger partial charge >= 0.3 is 0 Å². The number of ether oxygens (including phenoxy) is 5. The van der Waals surface area contributed by atoms with Crippen molar-refractivity contribution in [3.8, 4) is 28.7 Å². The van der Waals surface area contributed by atoms with Crippen LogP contribution in [0.25, 0.3) is 11.0 Å². The lowest BCUT2D eigenvalue weighted by Crippen LogP contribution is -2.25. The fourth-order valence-corrected chi connectivity index (χ4v) is 5.26. The molecular weight excluding hydrogens is 584 g/mol. The van der Waals surface area contributed by atoms with Crippen LogP contribution in [0.1, 0.15) is 36.5 Å². The molecule has 242 valence electrons. The number of rotatable bonds is 16. The number of anilines is 2. The first kappa shape index (κ1) is 32.2. The Morgan fingerprint density at radius 3 is 1.93 bits per heavy atom. The largest absolute Gasteiger partial charge is 0.497 e. The number of methoxy groups -OCH3 is 5. The van der Waals surface area contributed by atoms with Gasteiger partial charge in [0.1, 0.15) is 34.3 Å². The average molecular weight is 627 g/mol. The van der Waals surface area contributed by atoms with E-state index >= 15 is 0 Å². The van der Waals surface area contributed by atoms with Gasteiger partial charge in [0.25, 0.3) is 0 Å². The first-order valence-electron chi connectivity index (χ1n) is 15.3. The quantitative estimate of drug-likeness (QED) is 0.125. The zero-order valence-corrected chi connectivity index (χ0v) is 27.4. The number of nitrogens with one attached hydrogen (secondary N) is 1. The zero-order chi connectivity index (χ0) is 32.5. The van der Waals surface area contributed by atoms with Crippen molar-refractivity contribution in [2.45, 2.75) is 39.4 Å². The van der Waals surface area contributed by atoms with Crippen molar-refractivity contribution in [3.63, 3.8) is 0 Å². The summed E-state index contributed by atoms with van der Waals surface area (Å²) in [6, 6.07) is 19.6. The van der Waals surface area contributed by atoms with E-state index in [-0.39, 0.29) is 0 Å². The van der Waals surface area contributed by atoms with Gasteiger partial charge in [-0.05, 0) is 36.8 Å². The molecule has 2 aromatic heterocycles. The molecule has 0 aliphatic rings. The molecule has 0 radical (unpaired) electrons. The third-order valence-electron chi connectivity index (χ3n) is 7.74. The minimum atomic E-state index is 0.456. The van der Waals surface area contributed by atoms with Gasteiger partial charge < -0.3 is 33.9 Å². The molecule has 0 bridgehead atoms. The van der Waals surface area contributed by atoms with Crippen LogP contribution in [0.5, 0.6) is 28.7 Å². The summed E-state index contributed by atoms with van der Waals surface area (Å²) in [6.45, 7) is 4.37. The van der Waals surface area contributed by atoms with Crippen molar-refractivity contribution < 1.29 is 23.7 Å². The highest BCUT2D eigenvalue weighted by molar-refractivity contribution is 5.86. The second-order valence-corrected chi connectivity index (χ2v) is 10.7. The summed E-state index contributed by atoms with van der Waals surface area (Å²) in [5.41, 5.74) is 4.36. The van der Waals surface area contributed by atoms with Gasteiger partial charge in [0.05, 0.1) is 48.3 Å². The molecule has 11 nitrogen and oxygen atoms in total. The molecule has 0 unspecified atom stereocenters. The van der Waals surface area contributed by atoms with E-state index in [0.717, 1.165) is 47.3 Å². The van der Waals surface area contributed by atoms with E-state index in [9.17, 15) is 0 Å². The summed E-state index contributed by atoms with van der Waals surface area (Å²) in [6.07, 6.45) is 4.01. The lowest BCUT2D eigenvalue weighted by molar-refractivity contribution is 0.389. The van der Waals surface area contributed by atoms with Crippen molar-refractivity contribution in [3.05, 3.63) is 83.6 Å². The Bertz CT molecular complexity index is 1700. The van der Waals surface area contributed by atoms with Gasteiger partial charge in [-0.2, -0.15) is 10.1 Å². The third-order valence-corrected chi connectivity index (χ3v) is 7.74. The summed E-state index contributed by atoms with van der Waals surface area (Å²) in [4.78, 5) is 12.2. The van der Waals surface area contributed by atoms with Crippen molar-refractivity contribution in [2.75, 3.05) is 52.3 Å². The Kier molecular flexibility index (Phi) is 10.6. The van der Waals surface area contributed by atoms with Crippen molar-refractivity contribution in [1.29, 1.82) is 0 Å². The van der Waals surface area contributed by atoms with Crippen LogP contribution in [-0.2, 0) is 19.6 Å². The van der Waals surface area contributed by atoms with E-state index in [1.807, 2.05) is 71.5 Å². The Balaban J connectivity index is 1.60. The molecular formula is C35H42N6O5. The number of hydrogen-bond acceptors (Lipinski definition) is 10. The summed E-state index contributed by atoms with van der Waals surface area (Å²) < 4.78 is 29.9. The van der Waals surface area contributed by atoms with E-state index in [2.05, 4.69) is 17.1 Å². The first-order chi connectivity index (χ1) is 22.5. The molecule has 0 saturated heterocycles. The number of benzene rings is 3. The monoisotopic (exact) mass is 626 g/mol. The van der Waals surface area contributed by atoms with Crippen molar-refractivity contribution in [2.24, 2.45) is 0 Å². The normalized spacial score (nSPS) is 10.9. The van der Waals surface area contributed by atoms with Gasteiger partial charge in [-0.1, -0.05) is 31.5 Å². The lowest BCUT2D eigenvalue weighted by Gasteiger charge is -2.25. The minimum Gasteiger partial charge on any atom is -0.497 e. The minimum absolute atomic E-state index is 0.456. The third kappa shape index (κ3) is 7.36. The maximum atomic E-state index is 5.76. The Labute approximate surface area is 270 Å². The number of hydrogen-bond donors (Lipinski definition) is 1. The highest BCUT2D eigenvalue weighted by atomic mass is 16.5. The van der Waals surface area contributed by atoms with E-state index in [0.29, 0.717) is 59.9 Å². The molecule has 3 aromatic carbocycles. The summed E-state index contributed by atoms with van der Waals surface area (Å²) >= 11 is 0. The Morgan fingerprint density at radius 2 is 1.35 bits per heavy atom. The molecule has 0 spiro atoms. The van der Waals surface area contributed by atoms with Gasteiger partial charge in [0, 0.05) is 48.5 Å². The second kappa shape index (κ2) is 15.2. The van der Waals surface area contributed by atoms with Gasteiger partial charge in [0.15, 0.2) is 11.3 Å². The van der Waals surface area contributed by atoms with E-state index < -0.39 is 0 Å². The predicted octanol–water partition coefficient (Wildman–Crippen LogP) is 6.34. The summed E-state index contributed by atoms with van der Waals surface area (Å²) in [5, 5.41) is 8.44. The van der Waals surface area contributed by atoms with Gasteiger partial charge in [-0.25, -0.2) is 4.98 Å². The van der Waals surface area contributed by atoms with Crippen LogP contribution < -0.4 is 33.9 Å². The number of unbranched alkanes of at least 4 members (excludes halogenated alkanes) is 1. The summed E-state index contributed by atoms with van der Waals surface area (Å²) in [7, 11) is 8.27. The molecule has 0 atom stereocenters. The van der Waals surface area contributed by atoms with Gasteiger partial charge in [-0.15, -0.1) is 0 Å². The van der Waals surface area contributed by atoms with Crippen LogP contribution in [0.2, 0.25) is 0 Å². The Morgan fingerprint density at radius 1 is 0.717 bits per heavy atom. The SMILES string of the molecule is CCCCNc1nc(N(Cc2ccc(OC)cc2OC)Cc2ccc(OC)cc2OC)nc2cn(Cc3ccccc3OC)nc12. The van der Waals surface area contributed by atoms with Crippen LogP contribution in [0, 0.1) is 0 Å². The topological polar surface area (TPSA) is 105 Å². The molecule has 0 aliphatic carbocycles. The molecule has 0 fully saturated rings. The number of nitrogens with zero attached hydrogens (tertiary/aromatic N) is 5. The van der Waals surface area contributed by atoms with Crippen molar-refractivity contribution in [1.82, 2.24) is 19.7 Å². The molecule has 0 saturated carbocycles. The van der Waals surface area contributed by atoms with Crippen LogP contribution in [0.15, 0.2) is 66.9 Å². The fourth-order valence-electron chi connectivity index (χ4n) is 5.26. The second-order valence-electron chi connectivity index (χ2n) is 10.7. The maximum absolute atomic E-state index is 5.76. The van der Waals surface area contributed by atoms with E-state index in [1.165, 1.54) is 0 Å². The number of aromatic nitrogens is 4. The fraction of sp³-hybridized carbons (Fsp3) is 0.343. The molecule has 11 heteroatoms. The number of para-hydroxylation sites is 1. The van der Waals surface area contributed by atoms with E-state index in [4.69, 9.17) is 38.8 Å². The predicted molar refractivity (Wildman–Crippen MR) is 180 cm³/mol.